The van der Waals surface area contributed by atoms with Crippen LogP contribution in [0, 0.1) is 0 Å². The molecule has 7 heteroatoms. The van der Waals surface area contributed by atoms with E-state index < -0.39 is 23.1 Å². The summed E-state index contributed by atoms with van der Waals surface area (Å²) in [6, 6.07) is 13.4. The van der Waals surface area contributed by atoms with Gasteiger partial charge in [0, 0.05) is 15.6 Å². The summed E-state index contributed by atoms with van der Waals surface area (Å²) in [6.45, 7) is 1.71. The summed E-state index contributed by atoms with van der Waals surface area (Å²) in [4.78, 5) is 24.9. The van der Waals surface area contributed by atoms with Gasteiger partial charge in [0.25, 0.3) is 11.5 Å². The summed E-state index contributed by atoms with van der Waals surface area (Å²) in [5, 5.41) is 0.837. The zero-order valence-corrected chi connectivity index (χ0v) is 14.8. The average Bonchev–Trinajstić information content (AvgIpc) is 3.29. The molecule has 1 fully saturated rings. The summed E-state index contributed by atoms with van der Waals surface area (Å²) in [5.41, 5.74) is 3.09. The van der Waals surface area contributed by atoms with Crippen LogP contribution in [0.2, 0.25) is 10.0 Å². The van der Waals surface area contributed by atoms with Crippen molar-refractivity contribution in [2.45, 2.75) is 18.1 Å². The van der Waals surface area contributed by atoms with Gasteiger partial charge in [-0.2, -0.15) is 0 Å². The third-order valence-corrected chi connectivity index (χ3v) is 4.76. The molecule has 25 heavy (non-hydrogen) atoms. The highest BCUT2D eigenvalue weighted by Crippen LogP contribution is 2.62. The molecular weight excluding hydrogens is 365 g/mol. The van der Waals surface area contributed by atoms with Crippen LogP contribution in [0.3, 0.4) is 0 Å². The van der Waals surface area contributed by atoms with Gasteiger partial charge in [0.2, 0.25) is 0 Å². The first kappa shape index (κ1) is 17.7. The molecule has 1 aliphatic heterocycles. The average molecular weight is 380 g/mol. The number of carbonyl (C=O) groups excluding carboxylic acids is 2. The third-order valence-electron chi connectivity index (χ3n) is 4.17. The second-order valence-corrected chi connectivity index (χ2v) is 6.38. The van der Waals surface area contributed by atoms with Crippen LogP contribution in [0.5, 0.6) is 0 Å². The first-order valence-electron chi connectivity index (χ1n) is 7.58. The molecular formula is C18H15Cl2NO4. The number of rotatable bonds is 5. The topological polar surface area (TPSA) is 81.9 Å². The lowest BCUT2D eigenvalue weighted by molar-refractivity contribution is -0.153. The van der Waals surface area contributed by atoms with Crippen molar-refractivity contribution in [2.75, 3.05) is 6.61 Å². The summed E-state index contributed by atoms with van der Waals surface area (Å²) in [5.74, 6) is -1.79. The quantitative estimate of drug-likeness (QED) is 0.491. The van der Waals surface area contributed by atoms with Crippen LogP contribution in [0.25, 0.3) is 0 Å². The molecule has 0 bridgehead atoms. The lowest BCUT2D eigenvalue weighted by Gasteiger charge is -2.19. The predicted octanol–water partition coefficient (Wildman–Crippen LogP) is 3.05. The Labute approximate surface area is 154 Å². The maximum absolute atomic E-state index is 12.6. The molecule has 0 radical (unpaired) electrons. The maximum Gasteiger partial charge on any atom is 0.352 e. The van der Waals surface area contributed by atoms with Crippen molar-refractivity contribution >= 4 is 35.1 Å². The van der Waals surface area contributed by atoms with E-state index in [4.69, 9.17) is 38.4 Å². The molecule has 5 nitrogen and oxygen atoms in total. The van der Waals surface area contributed by atoms with Gasteiger partial charge in [-0.1, -0.05) is 53.5 Å². The van der Waals surface area contributed by atoms with Gasteiger partial charge in [-0.25, -0.2) is 4.79 Å². The molecule has 3 rings (SSSR count). The van der Waals surface area contributed by atoms with Gasteiger partial charge in [-0.3, -0.25) is 4.79 Å². The Hall–Kier alpha value is -2.08. The lowest BCUT2D eigenvalue weighted by Crippen LogP contribution is -2.46. The number of benzene rings is 2. The molecule has 0 unspecified atom stereocenters. The smallest absolute Gasteiger partial charge is 0.352 e. The van der Waals surface area contributed by atoms with Gasteiger partial charge in [0.15, 0.2) is 5.60 Å². The predicted molar refractivity (Wildman–Crippen MR) is 93.3 cm³/mol. The van der Waals surface area contributed by atoms with Crippen molar-refractivity contribution in [3.8, 4) is 0 Å². The van der Waals surface area contributed by atoms with Crippen molar-refractivity contribution in [1.82, 2.24) is 0 Å². The fourth-order valence-electron chi connectivity index (χ4n) is 3.04. The number of primary amides is 1. The number of hydrogen-bond donors (Lipinski definition) is 1. The number of amides is 1. The molecule has 1 saturated heterocycles. The van der Waals surface area contributed by atoms with E-state index in [0.29, 0.717) is 21.2 Å². The van der Waals surface area contributed by atoms with Crippen molar-refractivity contribution in [2.24, 2.45) is 5.73 Å². The Kier molecular flexibility index (Phi) is 4.49. The van der Waals surface area contributed by atoms with Crippen LogP contribution >= 0.6 is 23.2 Å². The Morgan fingerprint density at radius 3 is 2.32 bits per heavy atom. The fourth-order valence-corrected chi connectivity index (χ4v) is 3.44. The fraction of sp³-hybridized carbons (Fsp3) is 0.222. The number of nitrogens with two attached hydrogens (primary N) is 1. The zero-order valence-electron chi connectivity index (χ0n) is 13.3. The molecule has 2 aromatic rings. The van der Waals surface area contributed by atoms with Crippen LogP contribution in [-0.2, 0) is 24.7 Å². The number of epoxide rings is 1. The number of halogens is 2. The highest BCUT2D eigenvalue weighted by molar-refractivity contribution is 6.32. The number of carbonyl (C=O) groups is 2. The number of hydrogen-bond acceptors (Lipinski definition) is 4. The number of esters is 1. The molecule has 1 amide bonds. The molecule has 1 heterocycles. The van der Waals surface area contributed by atoms with Crippen LogP contribution in [0.4, 0.5) is 0 Å². The SMILES string of the molecule is CCOC(=O)[C@]1(C(N)=O)O[C@]1(c1ccc(Cl)cc1)c1ccccc1Cl. The highest BCUT2D eigenvalue weighted by atomic mass is 35.5. The van der Waals surface area contributed by atoms with Crippen LogP contribution < -0.4 is 5.73 Å². The van der Waals surface area contributed by atoms with E-state index in [-0.39, 0.29) is 6.61 Å². The Morgan fingerprint density at radius 2 is 1.76 bits per heavy atom. The Morgan fingerprint density at radius 1 is 1.12 bits per heavy atom. The lowest BCUT2D eigenvalue weighted by atomic mass is 9.80. The summed E-state index contributed by atoms with van der Waals surface area (Å²) >= 11 is 12.3. The van der Waals surface area contributed by atoms with Crippen molar-refractivity contribution in [1.29, 1.82) is 0 Å². The van der Waals surface area contributed by atoms with Gasteiger partial charge < -0.3 is 15.2 Å². The van der Waals surface area contributed by atoms with Gasteiger partial charge in [-0.15, -0.1) is 0 Å². The highest BCUT2D eigenvalue weighted by Gasteiger charge is 2.82. The Balaban J connectivity index is 2.25. The first-order valence-corrected chi connectivity index (χ1v) is 8.34. The van der Waals surface area contributed by atoms with Crippen molar-refractivity contribution < 1.29 is 19.1 Å². The van der Waals surface area contributed by atoms with Crippen LogP contribution in [-0.4, -0.2) is 24.1 Å². The summed E-state index contributed by atoms with van der Waals surface area (Å²) in [6.07, 6.45) is 0. The number of ether oxygens (including phenoxy) is 2. The van der Waals surface area contributed by atoms with E-state index in [0.717, 1.165) is 0 Å². The molecule has 0 aromatic heterocycles. The van der Waals surface area contributed by atoms with E-state index in [1.165, 1.54) is 0 Å². The minimum Gasteiger partial charge on any atom is -0.463 e. The minimum absolute atomic E-state index is 0.0798. The Bertz CT molecular complexity index is 839. The molecule has 1 aliphatic rings. The molecule has 0 spiro atoms. The molecule has 2 N–H and O–H groups in total. The first-order chi connectivity index (χ1) is 11.9. The largest absolute Gasteiger partial charge is 0.463 e. The van der Waals surface area contributed by atoms with E-state index in [9.17, 15) is 9.59 Å². The van der Waals surface area contributed by atoms with Gasteiger partial charge in [-0.05, 0) is 30.7 Å². The minimum atomic E-state index is -1.98. The molecule has 0 aliphatic carbocycles. The second-order valence-electron chi connectivity index (χ2n) is 5.54. The molecule has 2 aromatic carbocycles. The molecule has 130 valence electrons. The van der Waals surface area contributed by atoms with Crippen LogP contribution in [0.1, 0.15) is 18.1 Å². The zero-order chi connectivity index (χ0) is 18.2. The van der Waals surface area contributed by atoms with Gasteiger partial charge >= 0.3 is 5.97 Å². The van der Waals surface area contributed by atoms with Gasteiger partial charge in [0.1, 0.15) is 0 Å². The summed E-state index contributed by atoms with van der Waals surface area (Å²) in [7, 11) is 0. The van der Waals surface area contributed by atoms with E-state index in [1.807, 2.05) is 0 Å². The maximum atomic E-state index is 12.6. The van der Waals surface area contributed by atoms with E-state index in [2.05, 4.69) is 0 Å². The van der Waals surface area contributed by atoms with Gasteiger partial charge in [0.05, 0.1) is 6.61 Å². The molecule has 2 atom stereocenters. The van der Waals surface area contributed by atoms with Crippen molar-refractivity contribution in [3.05, 3.63) is 69.7 Å². The normalized spacial score (nSPS) is 24.6. The standard InChI is InChI=1S/C18H15Cl2NO4/c1-2-24-16(23)18(15(21)22)17(25-18,11-7-9-12(19)10-8-11)13-5-3-4-6-14(13)20/h3-10H,2H2,1H3,(H2,21,22)/t17-,18+/m1/s1. The van der Waals surface area contributed by atoms with E-state index in [1.54, 1.807) is 55.5 Å². The molecule has 0 saturated carbocycles. The second kappa shape index (κ2) is 6.33. The van der Waals surface area contributed by atoms with Crippen molar-refractivity contribution in [3.63, 3.8) is 0 Å². The third kappa shape index (κ3) is 2.51. The van der Waals surface area contributed by atoms with E-state index >= 15 is 0 Å². The summed E-state index contributed by atoms with van der Waals surface area (Å²) < 4.78 is 10.8. The monoisotopic (exact) mass is 379 g/mol. The van der Waals surface area contributed by atoms with Crippen LogP contribution in [0.15, 0.2) is 48.5 Å².